The molecule has 5 rings (SSSR count). The molecule has 1 aliphatic rings. The van der Waals surface area contributed by atoms with Crippen LogP contribution in [0, 0.1) is 6.92 Å². The first-order chi connectivity index (χ1) is 17.0. The lowest BCUT2D eigenvalue weighted by molar-refractivity contribution is -0.114. The highest BCUT2D eigenvalue weighted by molar-refractivity contribution is 6.07. The Bertz CT molecular complexity index is 1360. The third kappa shape index (κ3) is 4.83. The van der Waals surface area contributed by atoms with E-state index in [-0.39, 0.29) is 11.8 Å². The molecule has 1 atom stereocenters. The Morgan fingerprint density at radius 3 is 2.46 bits per heavy atom. The minimum Gasteiger partial charge on any atom is -0.338 e. The van der Waals surface area contributed by atoms with Crippen molar-refractivity contribution in [3.05, 3.63) is 95.3 Å². The van der Waals surface area contributed by atoms with Crippen molar-refractivity contribution in [1.82, 2.24) is 14.5 Å². The van der Waals surface area contributed by atoms with E-state index in [1.54, 1.807) is 6.07 Å². The number of aryl methyl sites for hydroxylation is 1. The van der Waals surface area contributed by atoms with Crippen molar-refractivity contribution in [2.75, 3.05) is 18.4 Å². The highest BCUT2D eigenvalue weighted by Crippen LogP contribution is 2.31. The van der Waals surface area contributed by atoms with Gasteiger partial charge in [0.25, 0.3) is 5.91 Å². The largest absolute Gasteiger partial charge is 0.338 e. The van der Waals surface area contributed by atoms with Gasteiger partial charge >= 0.3 is 0 Å². The molecular formula is C29H30N4O2. The topological polar surface area (TPSA) is 67.2 Å². The number of carbonyl (C=O) groups excluding carboxylic acids is 2. The van der Waals surface area contributed by atoms with Crippen molar-refractivity contribution in [3.63, 3.8) is 0 Å². The number of aromatic nitrogens is 2. The van der Waals surface area contributed by atoms with Gasteiger partial charge in [0.1, 0.15) is 5.82 Å². The maximum Gasteiger partial charge on any atom is 0.256 e. The summed E-state index contributed by atoms with van der Waals surface area (Å²) < 4.78 is 2.11. The number of imidazole rings is 1. The first-order valence-electron chi connectivity index (χ1n) is 12.2. The number of hydrogen-bond donors (Lipinski definition) is 1. The zero-order valence-corrected chi connectivity index (χ0v) is 20.2. The number of benzene rings is 3. The SMILES string of the molecule is CC(=O)Nc1cc(C(=O)N2CCC[C@@H](c3ccccc3)C2)c2c(c1)nc(C)n2Cc1ccccc1. The van der Waals surface area contributed by atoms with E-state index >= 15 is 0 Å². The highest BCUT2D eigenvalue weighted by atomic mass is 16.2. The zero-order chi connectivity index (χ0) is 24.4. The van der Waals surface area contributed by atoms with E-state index in [4.69, 9.17) is 4.98 Å². The summed E-state index contributed by atoms with van der Waals surface area (Å²) in [4.78, 5) is 32.6. The second-order valence-corrected chi connectivity index (χ2v) is 9.30. The molecule has 1 aliphatic heterocycles. The van der Waals surface area contributed by atoms with Gasteiger partial charge in [-0.2, -0.15) is 0 Å². The molecule has 1 aromatic heterocycles. The smallest absolute Gasteiger partial charge is 0.256 e. The van der Waals surface area contributed by atoms with Crippen LogP contribution in [0.3, 0.4) is 0 Å². The van der Waals surface area contributed by atoms with Gasteiger partial charge in [0.15, 0.2) is 0 Å². The van der Waals surface area contributed by atoms with E-state index in [0.29, 0.717) is 35.8 Å². The molecule has 4 aromatic rings. The second kappa shape index (κ2) is 9.74. The molecule has 1 saturated heterocycles. The number of nitrogens with zero attached hydrogens (tertiary/aromatic N) is 3. The Labute approximate surface area is 205 Å². The van der Waals surface area contributed by atoms with Crippen molar-refractivity contribution < 1.29 is 9.59 Å². The summed E-state index contributed by atoms with van der Waals surface area (Å²) >= 11 is 0. The third-order valence-corrected chi connectivity index (χ3v) is 6.75. The van der Waals surface area contributed by atoms with E-state index in [9.17, 15) is 9.59 Å². The molecule has 0 saturated carbocycles. The molecule has 1 fully saturated rings. The lowest BCUT2D eigenvalue weighted by Gasteiger charge is -2.33. The van der Waals surface area contributed by atoms with Gasteiger partial charge in [-0.15, -0.1) is 0 Å². The molecule has 6 heteroatoms. The van der Waals surface area contributed by atoms with Gasteiger partial charge in [-0.1, -0.05) is 60.7 Å². The van der Waals surface area contributed by atoms with Crippen molar-refractivity contribution in [2.45, 2.75) is 39.2 Å². The number of fused-ring (bicyclic) bond motifs is 1. The van der Waals surface area contributed by atoms with Gasteiger partial charge in [-0.25, -0.2) is 4.98 Å². The minimum absolute atomic E-state index is 0.0166. The van der Waals surface area contributed by atoms with Crippen LogP contribution in [0.1, 0.15) is 53.0 Å². The van der Waals surface area contributed by atoms with E-state index < -0.39 is 0 Å². The molecule has 2 amide bonds. The van der Waals surface area contributed by atoms with Gasteiger partial charge in [0.2, 0.25) is 5.91 Å². The summed E-state index contributed by atoms with van der Waals surface area (Å²) in [5.74, 6) is 0.958. The van der Waals surface area contributed by atoms with Crippen LogP contribution in [0.5, 0.6) is 0 Å². The van der Waals surface area contributed by atoms with Gasteiger partial charge in [0, 0.05) is 38.2 Å². The van der Waals surface area contributed by atoms with Crippen LogP contribution < -0.4 is 5.32 Å². The fraction of sp³-hybridized carbons (Fsp3) is 0.276. The van der Waals surface area contributed by atoms with Crippen LogP contribution in [0.25, 0.3) is 11.0 Å². The van der Waals surface area contributed by atoms with Crippen LogP contribution in [0.15, 0.2) is 72.8 Å². The number of likely N-dealkylation sites (tertiary alicyclic amines) is 1. The summed E-state index contributed by atoms with van der Waals surface area (Å²) in [5.41, 5.74) is 5.11. The third-order valence-electron chi connectivity index (χ3n) is 6.75. The minimum atomic E-state index is -0.176. The number of anilines is 1. The fourth-order valence-corrected chi connectivity index (χ4v) is 5.11. The van der Waals surface area contributed by atoms with Crippen LogP contribution in [-0.2, 0) is 11.3 Å². The molecule has 0 aliphatic carbocycles. The van der Waals surface area contributed by atoms with Crippen molar-refractivity contribution >= 4 is 28.5 Å². The summed E-state index contributed by atoms with van der Waals surface area (Å²) in [6.07, 6.45) is 2.03. The van der Waals surface area contributed by atoms with Gasteiger partial charge < -0.3 is 14.8 Å². The maximum absolute atomic E-state index is 14.0. The Morgan fingerprint density at radius 2 is 1.74 bits per heavy atom. The summed E-state index contributed by atoms with van der Waals surface area (Å²) in [6, 6.07) is 24.3. The molecule has 1 N–H and O–H groups in total. The molecular weight excluding hydrogens is 436 g/mol. The Balaban J connectivity index is 1.56. The number of nitrogens with one attached hydrogen (secondary N) is 1. The average molecular weight is 467 g/mol. The molecule has 178 valence electrons. The van der Waals surface area contributed by atoms with Crippen LogP contribution in [-0.4, -0.2) is 39.4 Å². The Hall–Kier alpha value is -3.93. The van der Waals surface area contributed by atoms with Gasteiger partial charge in [-0.05, 0) is 43.0 Å². The maximum atomic E-state index is 14.0. The second-order valence-electron chi connectivity index (χ2n) is 9.30. The Kier molecular flexibility index (Phi) is 6.36. The van der Waals surface area contributed by atoms with Crippen molar-refractivity contribution in [2.24, 2.45) is 0 Å². The van der Waals surface area contributed by atoms with Gasteiger partial charge in [0.05, 0.1) is 16.6 Å². The number of piperidine rings is 1. The molecule has 35 heavy (non-hydrogen) atoms. The van der Waals surface area contributed by atoms with Crippen LogP contribution in [0.4, 0.5) is 5.69 Å². The quantitative estimate of drug-likeness (QED) is 0.430. The van der Waals surface area contributed by atoms with E-state index in [1.807, 2.05) is 42.2 Å². The number of carbonyl (C=O) groups is 2. The van der Waals surface area contributed by atoms with Crippen molar-refractivity contribution in [3.8, 4) is 0 Å². The van der Waals surface area contributed by atoms with Crippen LogP contribution >= 0.6 is 0 Å². The predicted octanol–water partition coefficient (Wildman–Crippen LogP) is 5.37. The van der Waals surface area contributed by atoms with E-state index in [2.05, 4.69) is 46.3 Å². The number of hydrogen-bond acceptors (Lipinski definition) is 3. The Morgan fingerprint density at radius 1 is 1.03 bits per heavy atom. The van der Waals surface area contributed by atoms with Gasteiger partial charge in [-0.3, -0.25) is 9.59 Å². The monoisotopic (exact) mass is 466 g/mol. The average Bonchev–Trinajstić information content (AvgIpc) is 3.18. The first-order valence-corrected chi connectivity index (χ1v) is 12.2. The lowest BCUT2D eigenvalue weighted by Crippen LogP contribution is -2.39. The molecule has 3 aromatic carbocycles. The van der Waals surface area contributed by atoms with E-state index in [0.717, 1.165) is 36.3 Å². The molecule has 0 radical (unpaired) electrons. The summed E-state index contributed by atoms with van der Waals surface area (Å²) in [6.45, 7) is 5.46. The molecule has 2 heterocycles. The highest BCUT2D eigenvalue weighted by Gasteiger charge is 2.28. The number of amides is 2. The summed E-state index contributed by atoms with van der Waals surface area (Å²) in [5, 5.41) is 2.85. The lowest BCUT2D eigenvalue weighted by atomic mass is 9.90. The molecule has 0 spiro atoms. The van der Waals surface area contributed by atoms with Crippen molar-refractivity contribution in [1.29, 1.82) is 0 Å². The first kappa shape index (κ1) is 22.8. The van der Waals surface area contributed by atoms with Crippen LogP contribution in [0.2, 0.25) is 0 Å². The standard InChI is InChI=1S/C29H30N4O2/c1-20-30-27-17-25(31-21(2)34)16-26(28(27)33(20)18-22-10-5-3-6-11-22)29(35)32-15-9-14-24(19-32)23-12-7-4-8-13-23/h3-8,10-13,16-17,24H,9,14-15,18-19H2,1-2H3,(H,31,34)/t24-/m1/s1. The molecule has 0 bridgehead atoms. The number of rotatable bonds is 5. The predicted molar refractivity (Wildman–Crippen MR) is 139 cm³/mol. The van der Waals surface area contributed by atoms with E-state index in [1.165, 1.54) is 12.5 Å². The molecule has 6 nitrogen and oxygen atoms in total. The fourth-order valence-electron chi connectivity index (χ4n) is 5.11. The normalized spacial score (nSPS) is 15.8. The summed E-state index contributed by atoms with van der Waals surface area (Å²) in [7, 11) is 0. The molecule has 0 unspecified atom stereocenters. The zero-order valence-electron chi connectivity index (χ0n) is 20.2.